The van der Waals surface area contributed by atoms with Crippen molar-refractivity contribution in [2.24, 2.45) is 4.36 Å². The molecule has 2 aromatic carbocycles. The Kier molecular flexibility index (Phi) is 5.46. The summed E-state index contributed by atoms with van der Waals surface area (Å²) in [7, 11) is -2.34. The maximum absolute atomic E-state index is 10.0. The molecule has 0 saturated carbocycles. The normalized spacial score (nSPS) is 8.71. The van der Waals surface area contributed by atoms with E-state index in [4.69, 9.17) is 5.73 Å². The maximum atomic E-state index is 10.0. The molecule has 5 heteroatoms. The zero-order valence-electron chi connectivity index (χ0n) is 9.02. The van der Waals surface area contributed by atoms with Crippen molar-refractivity contribution < 1.29 is 8.42 Å². The Hall–Kier alpha value is -2.14. The van der Waals surface area contributed by atoms with Crippen LogP contribution in [0.5, 0.6) is 0 Å². The summed E-state index contributed by atoms with van der Waals surface area (Å²) < 4.78 is 23.3. The summed E-state index contributed by atoms with van der Waals surface area (Å²) in [5.74, 6) is 0. The summed E-state index contributed by atoms with van der Waals surface area (Å²) in [6, 6.07) is 18.0. The molecule has 0 radical (unpaired) electrons. The van der Waals surface area contributed by atoms with Crippen LogP contribution >= 0.6 is 0 Å². The van der Waals surface area contributed by atoms with E-state index in [1.165, 1.54) is 0 Å². The third-order valence-electron chi connectivity index (χ3n) is 1.74. The van der Waals surface area contributed by atoms with Gasteiger partial charge in [-0.3, -0.25) is 0 Å². The fraction of sp³-hybridized carbons (Fsp3) is 0. The van der Waals surface area contributed by atoms with Gasteiger partial charge in [-0.15, -0.1) is 4.36 Å². The predicted molar refractivity (Wildman–Crippen MR) is 68.3 cm³/mol. The first-order chi connectivity index (χ1) is 8.18. The molecule has 0 aliphatic rings. The lowest BCUT2D eigenvalue weighted by Crippen LogP contribution is -1.79. The summed E-state index contributed by atoms with van der Waals surface area (Å²) in [6.07, 6.45) is 0. The van der Waals surface area contributed by atoms with E-state index in [0.29, 0.717) is 5.69 Å². The standard InChI is InChI=1S/C6H5NO2S.C6H7N/c8-10(9)7-6-4-2-1-3-5-6;7-6-4-2-1-3-5-6/h1-5H;1-5H,7H2. The highest BCUT2D eigenvalue weighted by Gasteiger charge is 1.82. The van der Waals surface area contributed by atoms with Gasteiger partial charge in [-0.2, -0.15) is 8.42 Å². The van der Waals surface area contributed by atoms with E-state index in [0.717, 1.165) is 5.69 Å². The topological polar surface area (TPSA) is 72.5 Å². The van der Waals surface area contributed by atoms with Gasteiger partial charge in [0.15, 0.2) is 0 Å². The Morgan fingerprint density at radius 2 is 1.29 bits per heavy atom. The number of nitrogens with two attached hydrogens (primary N) is 1. The Bertz CT molecular complexity index is 558. The number of rotatable bonds is 1. The van der Waals surface area contributed by atoms with Crippen LogP contribution < -0.4 is 5.73 Å². The number of benzene rings is 2. The largest absolute Gasteiger partial charge is 0.399 e. The van der Waals surface area contributed by atoms with Gasteiger partial charge in [0.25, 0.3) is 0 Å². The number of nitrogens with zero attached hydrogens (tertiary/aromatic N) is 1. The lowest BCUT2D eigenvalue weighted by molar-refractivity contribution is 0.622. The monoisotopic (exact) mass is 248 g/mol. The van der Waals surface area contributed by atoms with Gasteiger partial charge in [0, 0.05) is 5.69 Å². The van der Waals surface area contributed by atoms with Crippen molar-refractivity contribution in [3.05, 3.63) is 60.7 Å². The van der Waals surface area contributed by atoms with Gasteiger partial charge in [0.05, 0.1) is 5.69 Å². The molecule has 0 heterocycles. The summed E-state index contributed by atoms with van der Waals surface area (Å²) in [6.45, 7) is 0. The molecular weight excluding hydrogens is 236 g/mol. The van der Waals surface area contributed by atoms with Gasteiger partial charge < -0.3 is 5.73 Å². The summed E-state index contributed by atoms with van der Waals surface area (Å²) in [4.78, 5) is 0. The smallest absolute Gasteiger partial charge is 0.316 e. The minimum absolute atomic E-state index is 0.454. The average Bonchev–Trinajstić information content (AvgIpc) is 2.31. The van der Waals surface area contributed by atoms with Crippen molar-refractivity contribution in [2.75, 3.05) is 5.73 Å². The minimum Gasteiger partial charge on any atom is -0.399 e. The number of hydrogen-bond donors (Lipinski definition) is 1. The van der Waals surface area contributed by atoms with E-state index in [-0.39, 0.29) is 0 Å². The molecular formula is C12H12N2O2S. The van der Waals surface area contributed by atoms with E-state index in [1.807, 2.05) is 30.3 Å². The zero-order chi connectivity index (χ0) is 12.5. The lowest BCUT2D eigenvalue weighted by Gasteiger charge is -1.83. The quantitative estimate of drug-likeness (QED) is 0.788. The van der Waals surface area contributed by atoms with Crippen molar-refractivity contribution in [2.45, 2.75) is 0 Å². The van der Waals surface area contributed by atoms with E-state index in [2.05, 4.69) is 4.36 Å². The number of anilines is 1. The molecule has 0 atom stereocenters. The highest BCUT2D eigenvalue weighted by molar-refractivity contribution is 7.61. The second-order valence-electron chi connectivity index (χ2n) is 3.05. The number of hydrogen-bond acceptors (Lipinski definition) is 4. The van der Waals surface area contributed by atoms with Crippen LogP contribution in [0.15, 0.2) is 65.0 Å². The SMILES string of the molecule is Nc1ccccc1.O=S(=O)=Nc1ccccc1. The zero-order valence-corrected chi connectivity index (χ0v) is 9.84. The van der Waals surface area contributed by atoms with Crippen molar-refractivity contribution in [3.8, 4) is 0 Å². The Morgan fingerprint density at radius 1 is 0.824 bits per heavy atom. The van der Waals surface area contributed by atoms with Crippen LogP contribution in [0.4, 0.5) is 11.4 Å². The summed E-state index contributed by atoms with van der Waals surface area (Å²) in [5.41, 5.74) is 6.63. The molecule has 2 N–H and O–H groups in total. The molecule has 0 spiro atoms. The highest BCUT2D eigenvalue weighted by Crippen LogP contribution is 2.08. The molecule has 0 aliphatic heterocycles. The van der Waals surface area contributed by atoms with Crippen molar-refractivity contribution in [1.82, 2.24) is 0 Å². The molecule has 0 fully saturated rings. The fourth-order valence-corrected chi connectivity index (χ4v) is 1.32. The molecule has 0 saturated heterocycles. The molecule has 4 nitrogen and oxygen atoms in total. The predicted octanol–water partition coefficient (Wildman–Crippen LogP) is 2.65. The molecule has 0 aromatic heterocycles. The van der Waals surface area contributed by atoms with Gasteiger partial charge in [0.2, 0.25) is 0 Å². The fourth-order valence-electron chi connectivity index (χ4n) is 1.03. The minimum atomic E-state index is -2.34. The van der Waals surface area contributed by atoms with Crippen LogP contribution in [0.2, 0.25) is 0 Å². The Morgan fingerprint density at radius 3 is 1.65 bits per heavy atom. The van der Waals surface area contributed by atoms with Crippen LogP contribution in [0.25, 0.3) is 0 Å². The van der Waals surface area contributed by atoms with Crippen molar-refractivity contribution in [1.29, 1.82) is 0 Å². The van der Waals surface area contributed by atoms with E-state index < -0.39 is 10.5 Å². The van der Waals surface area contributed by atoms with Crippen molar-refractivity contribution in [3.63, 3.8) is 0 Å². The van der Waals surface area contributed by atoms with Crippen LogP contribution in [-0.2, 0) is 10.5 Å². The molecule has 0 unspecified atom stereocenters. The summed E-state index contributed by atoms with van der Waals surface area (Å²) in [5, 5.41) is 0. The molecule has 0 aliphatic carbocycles. The first kappa shape index (κ1) is 12.9. The second kappa shape index (κ2) is 7.19. The molecule has 0 amide bonds. The first-order valence-electron chi connectivity index (χ1n) is 4.85. The van der Waals surface area contributed by atoms with Crippen LogP contribution in [0, 0.1) is 0 Å². The van der Waals surface area contributed by atoms with E-state index in [1.54, 1.807) is 30.3 Å². The molecule has 2 aromatic rings. The van der Waals surface area contributed by atoms with Gasteiger partial charge in [-0.25, -0.2) is 0 Å². The number of para-hydroxylation sites is 1. The first-order valence-corrected chi connectivity index (χ1v) is 5.88. The second-order valence-corrected chi connectivity index (χ2v) is 3.67. The molecule has 88 valence electrons. The maximum Gasteiger partial charge on any atom is 0.316 e. The van der Waals surface area contributed by atoms with Gasteiger partial charge in [0.1, 0.15) is 0 Å². The molecule has 17 heavy (non-hydrogen) atoms. The van der Waals surface area contributed by atoms with E-state index >= 15 is 0 Å². The molecule has 0 bridgehead atoms. The van der Waals surface area contributed by atoms with Crippen LogP contribution in [-0.4, -0.2) is 8.42 Å². The van der Waals surface area contributed by atoms with Crippen LogP contribution in [0.1, 0.15) is 0 Å². The van der Waals surface area contributed by atoms with Gasteiger partial charge in [-0.1, -0.05) is 36.4 Å². The Balaban J connectivity index is 0.000000181. The van der Waals surface area contributed by atoms with Gasteiger partial charge >= 0.3 is 10.5 Å². The van der Waals surface area contributed by atoms with Gasteiger partial charge in [-0.05, 0) is 24.3 Å². The van der Waals surface area contributed by atoms with Crippen molar-refractivity contribution >= 4 is 21.9 Å². The van der Waals surface area contributed by atoms with E-state index in [9.17, 15) is 8.42 Å². The summed E-state index contributed by atoms with van der Waals surface area (Å²) >= 11 is 0. The number of nitrogen functional groups attached to an aromatic ring is 1. The lowest BCUT2D eigenvalue weighted by atomic mass is 10.3. The highest BCUT2D eigenvalue weighted by atomic mass is 32.2. The third kappa shape index (κ3) is 6.11. The molecule has 2 rings (SSSR count). The third-order valence-corrected chi connectivity index (χ3v) is 2.10. The van der Waals surface area contributed by atoms with Crippen LogP contribution in [0.3, 0.4) is 0 Å². The Labute approximate surface area is 101 Å². The average molecular weight is 248 g/mol.